The molecule has 3 nitrogen and oxygen atoms in total. The van der Waals surface area contributed by atoms with Gasteiger partial charge < -0.3 is 4.74 Å². The number of hydrogen-bond acceptors (Lipinski definition) is 3. The molecule has 1 amide bonds. The van der Waals surface area contributed by atoms with Crippen LogP contribution in [0.2, 0.25) is 0 Å². The van der Waals surface area contributed by atoms with Gasteiger partial charge in [-0.3, -0.25) is 5.32 Å². The van der Waals surface area contributed by atoms with Gasteiger partial charge in [0.1, 0.15) is 4.32 Å². The van der Waals surface area contributed by atoms with Crippen LogP contribution >= 0.6 is 24.8 Å². The van der Waals surface area contributed by atoms with Gasteiger partial charge in [0, 0.05) is 0 Å². The van der Waals surface area contributed by atoms with E-state index in [1.807, 2.05) is 6.92 Å². The minimum absolute atomic E-state index is 0.126. The van der Waals surface area contributed by atoms with E-state index in [0.29, 0.717) is 6.61 Å². The second kappa shape index (κ2) is 5.49. The van der Waals surface area contributed by atoms with Crippen molar-refractivity contribution in [3.05, 3.63) is 0 Å². The summed E-state index contributed by atoms with van der Waals surface area (Å²) in [4.78, 5) is 10.5. The van der Waals surface area contributed by atoms with Crippen LogP contribution in [0.25, 0.3) is 0 Å². The van der Waals surface area contributed by atoms with Crippen molar-refractivity contribution < 1.29 is 9.53 Å². The molecule has 0 unspecified atom stereocenters. The third-order valence-corrected chi connectivity index (χ3v) is 0.860. The van der Waals surface area contributed by atoms with E-state index in [1.54, 1.807) is 0 Å². The second-order valence-corrected chi connectivity index (χ2v) is 2.72. The van der Waals surface area contributed by atoms with Crippen molar-refractivity contribution in [1.82, 2.24) is 5.32 Å². The molecular weight excluding hydrogens is 170 g/mol. The van der Waals surface area contributed by atoms with Gasteiger partial charge in [-0.25, -0.2) is 4.79 Å². The monoisotopic (exact) mass is 179 g/mol. The van der Waals surface area contributed by atoms with E-state index in [0.717, 1.165) is 6.42 Å². The Morgan fingerprint density at radius 3 is 2.80 bits per heavy atom. The first kappa shape index (κ1) is 9.71. The lowest BCUT2D eigenvalue weighted by Gasteiger charge is -2.01. The number of carbonyl (C=O) groups is 1. The largest absolute Gasteiger partial charge is 0.449 e. The van der Waals surface area contributed by atoms with E-state index >= 15 is 0 Å². The maximum Gasteiger partial charge on any atom is 0.412 e. The van der Waals surface area contributed by atoms with Crippen molar-refractivity contribution in [2.45, 2.75) is 13.3 Å². The molecule has 0 radical (unpaired) electrons. The first-order valence-corrected chi connectivity index (χ1v) is 3.69. The first-order chi connectivity index (χ1) is 4.66. The predicted octanol–water partition coefficient (Wildman–Crippen LogP) is 1.34. The Morgan fingerprint density at radius 1 is 1.80 bits per heavy atom. The fourth-order valence-corrected chi connectivity index (χ4v) is 0.493. The number of thiocarbonyl (C=S) groups is 1. The number of ether oxygens (including phenoxy) is 1. The Hall–Kier alpha value is -0.290. The van der Waals surface area contributed by atoms with Gasteiger partial charge in [-0.15, -0.1) is 12.6 Å². The summed E-state index contributed by atoms with van der Waals surface area (Å²) in [6.07, 6.45) is 0.258. The van der Waals surface area contributed by atoms with Crippen LogP contribution in [0.15, 0.2) is 0 Å². The summed E-state index contributed by atoms with van der Waals surface area (Å²) in [5.41, 5.74) is 0. The number of hydrogen-bond donors (Lipinski definition) is 2. The minimum Gasteiger partial charge on any atom is -0.449 e. The SMILES string of the molecule is CCCOC(=O)NC(=S)S. The molecule has 5 heteroatoms. The van der Waals surface area contributed by atoms with Crippen molar-refractivity contribution in [2.75, 3.05) is 6.61 Å². The Morgan fingerprint density at radius 2 is 2.40 bits per heavy atom. The summed E-state index contributed by atoms with van der Waals surface area (Å²) in [5, 5.41) is 2.21. The normalized spacial score (nSPS) is 8.60. The van der Waals surface area contributed by atoms with E-state index in [2.05, 4.69) is 34.9 Å². The summed E-state index contributed by atoms with van der Waals surface area (Å²) in [7, 11) is 0. The van der Waals surface area contributed by atoms with E-state index in [9.17, 15) is 4.79 Å². The molecule has 0 heterocycles. The minimum atomic E-state index is -0.540. The Labute approximate surface area is 70.5 Å². The van der Waals surface area contributed by atoms with Gasteiger partial charge in [0.2, 0.25) is 0 Å². The van der Waals surface area contributed by atoms with E-state index in [4.69, 9.17) is 0 Å². The standard InChI is InChI=1S/C5H9NO2S2/c1-2-3-8-4(7)6-5(9)10/h2-3H2,1H3,(H2,6,7,9,10). The van der Waals surface area contributed by atoms with Gasteiger partial charge in [-0.2, -0.15) is 0 Å². The van der Waals surface area contributed by atoms with Gasteiger partial charge in [0.25, 0.3) is 0 Å². The van der Waals surface area contributed by atoms with Crippen LogP contribution in [0.4, 0.5) is 4.79 Å². The number of thiol groups is 1. The average Bonchev–Trinajstić information content (AvgIpc) is 1.82. The summed E-state index contributed by atoms with van der Waals surface area (Å²) >= 11 is 8.15. The molecular formula is C5H9NO2S2. The molecule has 0 spiro atoms. The van der Waals surface area contributed by atoms with Gasteiger partial charge in [0.05, 0.1) is 6.61 Å². The van der Waals surface area contributed by atoms with Gasteiger partial charge in [-0.05, 0) is 6.42 Å². The molecule has 0 aliphatic carbocycles. The zero-order valence-corrected chi connectivity index (χ0v) is 7.30. The fraction of sp³-hybridized carbons (Fsp3) is 0.600. The van der Waals surface area contributed by atoms with Crippen molar-refractivity contribution in [3.8, 4) is 0 Å². The molecule has 0 aliphatic heterocycles. The summed E-state index contributed by atoms with van der Waals surface area (Å²) in [6, 6.07) is 0. The highest BCUT2D eigenvalue weighted by atomic mass is 32.1. The second-order valence-electron chi connectivity index (χ2n) is 1.57. The predicted molar refractivity (Wildman–Crippen MR) is 46.4 cm³/mol. The van der Waals surface area contributed by atoms with Crippen LogP contribution in [0.5, 0.6) is 0 Å². The van der Waals surface area contributed by atoms with Crippen molar-refractivity contribution in [1.29, 1.82) is 0 Å². The number of rotatable bonds is 2. The summed E-state index contributed by atoms with van der Waals surface area (Å²) in [6.45, 7) is 2.31. The Bertz CT molecular complexity index is 138. The van der Waals surface area contributed by atoms with Crippen molar-refractivity contribution in [3.63, 3.8) is 0 Å². The topological polar surface area (TPSA) is 38.3 Å². The zero-order chi connectivity index (χ0) is 7.98. The third kappa shape index (κ3) is 5.84. The number of nitrogens with one attached hydrogen (secondary N) is 1. The Kier molecular flexibility index (Phi) is 5.33. The highest BCUT2D eigenvalue weighted by Crippen LogP contribution is 1.84. The molecule has 0 fully saturated rings. The van der Waals surface area contributed by atoms with Gasteiger partial charge >= 0.3 is 6.09 Å². The van der Waals surface area contributed by atoms with Crippen molar-refractivity contribution >= 4 is 35.3 Å². The van der Waals surface area contributed by atoms with E-state index in [-0.39, 0.29) is 4.32 Å². The highest BCUT2D eigenvalue weighted by Gasteiger charge is 1.99. The molecule has 0 aromatic heterocycles. The molecule has 1 N–H and O–H groups in total. The number of amides is 1. The van der Waals surface area contributed by atoms with Gasteiger partial charge in [-0.1, -0.05) is 19.1 Å². The lowest BCUT2D eigenvalue weighted by molar-refractivity contribution is 0.152. The number of alkyl carbamates (subject to hydrolysis) is 1. The number of carbonyl (C=O) groups excluding carboxylic acids is 1. The average molecular weight is 179 g/mol. The molecule has 10 heavy (non-hydrogen) atoms. The molecule has 0 saturated heterocycles. The zero-order valence-electron chi connectivity index (χ0n) is 5.59. The van der Waals surface area contributed by atoms with Crippen molar-refractivity contribution in [2.24, 2.45) is 0 Å². The van der Waals surface area contributed by atoms with E-state index in [1.165, 1.54) is 0 Å². The summed E-state index contributed by atoms with van der Waals surface area (Å²) in [5.74, 6) is 0. The quantitative estimate of drug-likeness (QED) is 0.496. The van der Waals surface area contributed by atoms with E-state index < -0.39 is 6.09 Å². The van der Waals surface area contributed by atoms with Crippen LogP contribution in [0, 0.1) is 0 Å². The van der Waals surface area contributed by atoms with Crippen LogP contribution in [-0.2, 0) is 4.74 Å². The molecule has 0 rings (SSSR count). The molecule has 58 valence electrons. The molecule has 0 atom stereocenters. The third-order valence-electron chi connectivity index (χ3n) is 0.646. The fourth-order valence-electron chi connectivity index (χ4n) is 0.318. The smallest absolute Gasteiger partial charge is 0.412 e. The molecule has 0 aromatic carbocycles. The van der Waals surface area contributed by atoms with Crippen LogP contribution < -0.4 is 5.32 Å². The molecule has 0 aliphatic rings. The summed E-state index contributed by atoms with van der Waals surface area (Å²) < 4.78 is 4.74. The van der Waals surface area contributed by atoms with Crippen LogP contribution in [-0.4, -0.2) is 17.0 Å². The first-order valence-electron chi connectivity index (χ1n) is 2.83. The van der Waals surface area contributed by atoms with Crippen LogP contribution in [0.1, 0.15) is 13.3 Å². The maximum atomic E-state index is 10.5. The highest BCUT2D eigenvalue weighted by molar-refractivity contribution is 8.11. The lowest BCUT2D eigenvalue weighted by Crippen LogP contribution is -2.26. The Balaban J connectivity index is 3.35. The molecule has 0 saturated carbocycles. The maximum absolute atomic E-state index is 10.5. The molecule has 0 aromatic rings. The lowest BCUT2D eigenvalue weighted by atomic mass is 10.5. The van der Waals surface area contributed by atoms with Gasteiger partial charge in [0.15, 0.2) is 0 Å². The molecule has 0 bridgehead atoms. The van der Waals surface area contributed by atoms with Crippen LogP contribution in [0.3, 0.4) is 0 Å².